The van der Waals surface area contributed by atoms with Crippen LogP contribution in [0.25, 0.3) is 0 Å². The van der Waals surface area contributed by atoms with Crippen LogP contribution in [-0.4, -0.2) is 38.3 Å². The summed E-state index contributed by atoms with van der Waals surface area (Å²) < 4.78 is 10.4. The van der Waals surface area contributed by atoms with E-state index in [1.165, 1.54) is 0 Å². The minimum absolute atomic E-state index is 0.301. The molecule has 0 aromatic carbocycles. The van der Waals surface area contributed by atoms with Crippen molar-refractivity contribution in [1.82, 2.24) is 4.90 Å². The van der Waals surface area contributed by atoms with E-state index in [9.17, 15) is 0 Å². The minimum atomic E-state index is 0.301. The lowest BCUT2D eigenvalue weighted by atomic mass is 10.5. The van der Waals surface area contributed by atoms with Gasteiger partial charge in [0.2, 0.25) is 0 Å². The number of nitrogens with zero attached hydrogens (tertiary/aromatic N) is 1. The molecule has 0 aromatic rings. The molecule has 1 atom stereocenters. The second-order valence-corrected chi connectivity index (χ2v) is 2.97. The van der Waals surface area contributed by atoms with Crippen molar-refractivity contribution in [3.05, 3.63) is 24.6 Å². The third-order valence-corrected chi connectivity index (χ3v) is 1.42. The van der Waals surface area contributed by atoms with E-state index in [1.807, 2.05) is 25.2 Å². The molecule has 1 aliphatic heterocycles. The van der Waals surface area contributed by atoms with Crippen molar-refractivity contribution in [1.29, 1.82) is 0 Å². The molecule has 0 amide bonds. The van der Waals surface area contributed by atoms with Gasteiger partial charge in [0.05, 0.1) is 6.61 Å². The molecule has 0 saturated carbocycles. The Morgan fingerprint density at radius 3 is 2.83 bits per heavy atom. The van der Waals surface area contributed by atoms with Gasteiger partial charge in [0.15, 0.2) is 0 Å². The molecule has 3 heteroatoms. The third-order valence-electron chi connectivity index (χ3n) is 1.42. The molecular weight excluding hydrogens is 154 g/mol. The first kappa shape index (κ1) is 9.13. The highest BCUT2D eigenvalue weighted by molar-refractivity contribution is 5.07. The van der Waals surface area contributed by atoms with Crippen LogP contribution >= 0.6 is 0 Å². The van der Waals surface area contributed by atoms with Crippen LogP contribution in [0.3, 0.4) is 0 Å². The Balaban J connectivity index is 2.27. The van der Waals surface area contributed by atoms with Crippen molar-refractivity contribution in [2.75, 3.05) is 27.3 Å². The smallest absolute Gasteiger partial charge is 0.134 e. The second-order valence-electron chi connectivity index (χ2n) is 2.97. The lowest BCUT2D eigenvalue weighted by molar-refractivity contribution is 0.188. The zero-order valence-corrected chi connectivity index (χ0v) is 7.62. The molecule has 0 radical (unpaired) electrons. The highest BCUT2D eigenvalue weighted by Gasteiger charge is 2.23. The van der Waals surface area contributed by atoms with Crippen molar-refractivity contribution >= 4 is 0 Å². The van der Waals surface area contributed by atoms with Gasteiger partial charge in [-0.15, -0.1) is 0 Å². The van der Waals surface area contributed by atoms with Crippen molar-refractivity contribution in [3.8, 4) is 0 Å². The molecule has 0 spiro atoms. The fourth-order valence-corrected chi connectivity index (χ4v) is 0.757. The number of rotatable bonds is 5. The zero-order valence-electron chi connectivity index (χ0n) is 7.62. The fraction of sp³-hybridized carbons (Fsp3) is 0.556. The predicted molar refractivity (Wildman–Crippen MR) is 47.7 cm³/mol. The molecule has 12 heavy (non-hydrogen) atoms. The maximum Gasteiger partial charge on any atom is 0.134 e. The normalized spacial score (nSPS) is 21.8. The van der Waals surface area contributed by atoms with E-state index in [-0.39, 0.29) is 0 Å². The first-order chi connectivity index (χ1) is 5.72. The molecule has 3 nitrogen and oxygen atoms in total. The van der Waals surface area contributed by atoms with Gasteiger partial charge in [-0.3, -0.25) is 0 Å². The second kappa shape index (κ2) is 4.16. The Morgan fingerprint density at radius 1 is 1.75 bits per heavy atom. The van der Waals surface area contributed by atoms with Gasteiger partial charge in [-0.25, -0.2) is 0 Å². The highest BCUT2D eigenvalue weighted by atomic mass is 16.6. The molecule has 1 unspecified atom stereocenters. The lowest BCUT2D eigenvalue weighted by Crippen LogP contribution is -2.06. The van der Waals surface area contributed by atoms with Gasteiger partial charge in [-0.2, -0.15) is 0 Å². The zero-order chi connectivity index (χ0) is 8.97. The Bertz CT molecular complexity index is 183. The summed E-state index contributed by atoms with van der Waals surface area (Å²) in [6.07, 6.45) is 3.88. The van der Waals surface area contributed by atoms with Crippen LogP contribution in [0, 0.1) is 0 Å². The maximum absolute atomic E-state index is 5.40. The van der Waals surface area contributed by atoms with Crippen molar-refractivity contribution in [3.63, 3.8) is 0 Å². The van der Waals surface area contributed by atoms with Gasteiger partial charge in [-0.05, 0) is 6.08 Å². The molecule has 1 fully saturated rings. The number of allylic oxidation sites excluding steroid dienone is 1. The average molecular weight is 169 g/mol. The highest BCUT2D eigenvalue weighted by Crippen LogP contribution is 2.11. The molecule has 1 saturated heterocycles. The van der Waals surface area contributed by atoms with Crippen LogP contribution in [-0.2, 0) is 9.47 Å². The van der Waals surface area contributed by atoms with Crippen LogP contribution in [0.4, 0.5) is 0 Å². The van der Waals surface area contributed by atoms with Crippen LogP contribution in [0.2, 0.25) is 0 Å². The molecule has 0 bridgehead atoms. The Hall–Kier alpha value is -0.960. The third kappa shape index (κ3) is 3.44. The number of ether oxygens (including phenoxy) is 2. The van der Waals surface area contributed by atoms with Gasteiger partial charge in [0.25, 0.3) is 0 Å². The summed E-state index contributed by atoms with van der Waals surface area (Å²) in [6, 6.07) is 0. The Morgan fingerprint density at radius 2 is 2.42 bits per heavy atom. The topological polar surface area (TPSA) is 25.0 Å². The van der Waals surface area contributed by atoms with Crippen LogP contribution in [0.5, 0.6) is 0 Å². The summed E-state index contributed by atoms with van der Waals surface area (Å²) in [4.78, 5) is 1.92. The first-order valence-corrected chi connectivity index (χ1v) is 3.97. The van der Waals surface area contributed by atoms with Gasteiger partial charge in [0.1, 0.15) is 18.5 Å². The molecule has 68 valence electrons. The van der Waals surface area contributed by atoms with E-state index in [4.69, 9.17) is 9.47 Å². The molecular formula is C9H15NO2. The number of epoxide rings is 1. The average Bonchev–Trinajstić information content (AvgIpc) is 2.80. The first-order valence-electron chi connectivity index (χ1n) is 3.97. The van der Waals surface area contributed by atoms with Crippen molar-refractivity contribution in [2.45, 2.75) is 6.10 Å². The van der Waals surface area contributed by atoms with Crippen LogP contribution in [0.1, 0.15) is 0 Å². The standard InChI is InChI=1S/C9H15NO2/c1-4-8(5-10(2)3)11-6-9-7-12-9/h4-5,9H,1,6-7H2,2-3H3/b8-5+. The van der Waals surface area contributed by atoms with Crippen LogP contribution < -0.4 is 0 Å². The van der Waals surface area contributed by atoms with Gasteiger partial charge in [0, 0.05) is 20.3 Å². The Kier molecular flexibility index (Phi) is 3.17. The lowest BCUT2D eigenvalue weighted by Gasteiger charge is -2.09. The number of hydrogen-bond donors (Lipinski definition) is 0. The van der Waals surface area contributed by atoms with E-state index in [0.717, 1.165) is 12.4 Å². The molecule has 1 heterocycles. The molecule has 1 aliphatic rings. The summed E-state index contributed by atoms with van der Waals surface area (Å²) in [5.41, 5.74) is 0. The van der Waals surface area contributed by atoms with Crippen LogP contribution in [0.15, 0.2) is 24.6 Å². The van der Waals surface area contributed by atoms with E-state index in [2.05, 4.69) is 6.58 Å². The summed E-state index contributed by atoms with van der Waals surface area (Å²) in [6.45, 7) is 5.11. The van der Waals surface area contributed by atoms with Gasteiger partial charge in [-0.1, -0.05) is 6.58 Å². The van der Waals surface area contributed by atoms with E-state index >= 15 is 0 Å². The van der Waals surface area contributed by atoms with Crippen molar-refractivity contribution in [2.24, 2.45) is 0 Å². The SMILES string of the molecule is C=C/C(=C\N(C)C)OCC1CO1. The van der Waals surface area contributed by atoms with E-state index < -0.39 is 0 Å². The largest absolute Gasteiger partial charge is 0.489 e. The summed E-state index contributed by atoms with van der Waals surface area (Å²) in [5, 5.41) is 0. The summed E-state index contributed by atoms with van der Waals surface area (Å²) >= 11 is 0. The van der Waals surface area contributed by atoms with Crippen molar-refractivity contribution < 1.29 is 9.47 Å². The fourth-order valence-electron chi connectivity index (χ4n) is 0.757. The molecule has 0 aromatic heterocycles. The van der Waals surface area contributed by atoms with E-state index in [1.54, 1.807) is 6.08 Å². The van der Waals surface area contributed by atoms with Gasteiger partial charge < -0.3 is 14.4 Å². The Labute approximate surface area is 73.3 Å². The molecule has 0 aliphatic carbocycles. The minimum Gasteiger partial charge on any atom is -0.489 e. The molecule has 1 rings (SSSR count). The number of hydrogen-bond acceptors (Lipinski definition) is 3. The molecule has 0 N–H and O–H groups in total. The maximum atomic E-state index is 5.40. The van der Waals surface area contributed by atoms with Gasteiger partial charge >= 0.3 is 0 Å². The summed E-state index contributed by atoms with van der Waals surface area (Å²) in [5.74, 6) is 0.788. The summed E-state index contributed by atoms with van der Waals surface area (Å²) in [7, 11) is 3.89. The quantitative estimate of drug-likeness (QED) is 0.348. The van der Waals surface area contributed by atoms with E-state index in [0.29, 0.717) is 12.7 Å². The monoisotopic (exact) mass is 169 g/mol. The predicted octanol–water partition coefficient (Wildman–Crippen LogP) is 0.991.